The molecule has 0 radical (unpaired) electrons. The molecule has 0 aliphatic carbocycles. The van der Waals surface area contributed by atoms with E-state index in [-0.39, 0.29) is 64.1 Å². The van der Waals surface area contributed by atoms with Crippen molar-refractivity contribution >= 4 is 16.3 Å². The molecular formula is C52H74O12S. The summed E-state index contributed by atoms with van der Waals surface area (Å²) in [7, 11) is -3.87. The average molecular weight is 923 g/mol. The molecule has 0 amide bonds. The van der Waals surface area contributed by atoms with Gasteiger partial charge >= 0.3 is 5.97 Å². The van der Waals surface area contributed by atoms with E-state index in [1.165, 1.54) is 12.1 Å². The first-order chi connectivity index (χ1) is 30.4. The van der Waals surface area contributed by atoms with Crippen molar-refractivity contribution in [1.29, 1.82) is 0 Å². The van der Waals surface area contributed by atoms with Gasteiger partial charge in [0.25, 0.3) is 0 Å². The fourth-order valence-corrected chi connectivity index (χ4v) is 10.3. The van der Waals surface area contributed by atoms with Crippen molar-refractivity contribution in [2.75, 3.05) is 0 Å². The van der Waals surface area contributed by atoms with Gasteiger partial charge in [0, 0.05) is 46.7 Å². The minimum Gasteiger partial charge on any atom is -0.507 e. The fraction of sp³-hybridized carbons (Fsp3) is 0.519. The maximum absolute atomic E-state index is 15.6. The van der Waals surface area contributed by atoms with Crippen molar-refractivity contribution in [1.82, 2.24) is 0 Å². The Kier molecular flexibility index (Phi) is 18.3. The molecule has 4 rings (SSSR count). The van der Waals surface area contributed by atoms with Crippen LogP contribution in [0.3, 0.4) is 0 Å². The van der Waals surface area contributed by atoms with Crippen LogP contribution in [0.15, 0.2) is 75.4 Å². The zero-order chi connectivity index (χ0) is 48.5. The number of phenols is 1. The van der Waals surface area contributed by atoms with E-state index in [2.05, 4.69) is 0 Å². The molecule has 0 unspecified atom stereocenters. The van der Waals surface area contributed by atoms with E-state index < -0.39 is 52.9 Å². The maximum Gasteiger partial charge on any atom is 0.353 e. The standard InChI is InChI=1S/C52H74O12S/c1-29(2)55-38-23-43(58-32(7)8)49(44(24-38)59-33(9)10)65(64-52(54)41-21-19-20-22-42(41)53,50-45(60-34(11)12)25-39(56-30(3)4)26-46(50)61-35(13)14)51-47(62-36(15)16)27-40(57-31(5)6)28-48(51)63-37(17)18/h19-37,53H,1-18H3. The summed E-state index contributed by atoms with van der Waals surface area (Å²) in [5.74, 6) is 1.82. The number of hydrogen-bond acceptors (Lipinski definition) is 12. The second kappa shape index (κ2) is 22.7. The minimum atomic E-state index is -3.87. The van der Waals surface area contributed by atoms with Gasteiger partial charge in [0.15, 0.2) is 0 Å². The van der Waals surface area contributed by atoms with Gasteiger partial charge in [-0.2, -0.15) is 0 Å². The number of hydrogen-bond donors (Lipinski definition) is 1. The lowest BCUT2D eigenvalue weighted by Gasteiger charge is -2.44. The van der Waals surface area contributed by atoms with Gasteiger partial charge in [0.05, 0.1) is 54.9 Å². The lowest BCUT2D eigenvalue weighted by molar-refractivity contribution is 0.0752. The van der Waals surface area contributed by atoms with Gasteiger partial charge in [-0.15, -0.1) is 0 Å². The molecule has 13 heteroatoms. The second-order valence-electron chi connectivity index (χ2n) is 18.2. The van der Waals surface area contributed by atoms with E-state index in [1.807, 2.05) is 125 Å². The maximum atomic E-state index is 15.6. The molecule has 12 nitrogen and oxygen atoms in total. The Morgan fingerprint density at radius 2 is 0.615 bits per heavy atom. The molecule has 0 spiro atoms. The summed E-state index contributed by atoms with van der Waals surface area (Å²) in [5, 5.41) is 11.4. The van der Waals surface area contributed by atoms with Crippen LogP contribution in [0.2, 0.25) is 0 Å². The van der Waals surface area contributed by atoms with Crippen molar-refractivity contribution in [2.24, 2.45) is 0 Å². The number of rotatable bonds is 23. The molecule has 4 aromatic carbocycles. The number of phenolic OH excluding ortho intramolecular Hbond substituents is 1. The van der Waals surface area contributed by atoms with Gasteiger partial charge in [0.1, 0.15) is 77.7 Å². The zero-order valence-corrected chi connectivity index (χ0v) is 42.6. The highest BCUT2D eigenvalue weighted by atomic mass is 32.3. The number of carbonyl (C=O) groups is 1. The smallest absolute Gasteiger partial charge is 0.353 e. The van der Waals surface area contributed by atoms with E-state index in [9.17, 15) is 5.11 Å². The second-order valence-corrected chi connectivity index (χ2v) is 20.7. The minimum absolute atomic E-state index is 0.100. The molecule has 0 saturated carbocycles. The van der Waals surface area contributed by atoms with Gasteiger partial charge in [-0.3, -0.25) is 0 Å². The molecule has 0 bridgehead atoms. The summed E-state index contributed by atoms with van der Waals surface area (Å²) >= 11 is 0. The summed E-state index contributed by atoms with van der Waals surface area (Å²) in [6.07, 6.45) is -3.19. The van der Waals surface area contributed by atoms with Crippen molar-refractivity contribution < 1.29 is 56.7 Å². The van der Waals surface area contributed by atoms with Crippen LogP contribution in [0.25, 0.3) is 0 Å². The molecule has 4 aromatic rings. The summed E-state index contributed by atoms with van der Waals surface area (Å²) in [6, 6.07) is 16.9. The first-order valence-electron chi connectivity index (χ1n) is 22.8. The molecule has 0 saturated heterocycles. The average Bonchev–Trinajstić information content (AvgIpc) is 3.12. The Morgan fingerprint density at radius 1 is 0.385 bits per heavy atom. The molecular weight excluding hydrogens is 849 g/mol. The third-order valence-electron chi connectivity index (χ3n) is 8.46. The molecule has 1 N–H and O–H groups in total. The summed E-state index contributed by atoms with van der Waals surface area (Å²) in [6.45, 7) is 34.5. The van der Waals surface area contributed by atoms with Crippen LogP contribution in [0.4, 0.5) is 0 Å². The van der Waals surface area contributed by atoms with Crippen LogP contribution in [-0.4, -0.2) is 66.0 Å². The molecule has 0 aliphatic rings. The van der Waals surface area contributed by atoms with Crippen LogP contribution in [0.1, 0.15) is 135 Å². The Bertz CT molecular complexity index is 1900. The first kappa shape index (κ1) is 52.3. The number of para-hydroxylation sites is 1. The number of carbonyl (C=O) groups excluding carboxylic acids is 1. The Hall–Kier alpha value is -5.30. The monoisotopic (exact) mass is 922 g/mol. The summed E-state index contributed by atoms with van der Waals surface area (Å²) in [4.78, 5) is 16.5. The Labute approximate surface area is 389 Å². The quantitative estimate of drug-likeness (QED) is 0.0760. The summed E-state index contributed by atoms with van der Waals surface area (Å²) < 4.78 is 68.0. The van der Waals surface area contributed by atoms with Gasteiger partial charge in [-0.05, 0) is 137 Å². The number of aromatic hydroxyl groups is 1. The van der Waals surface area contributed by atoms with E-state index in [0.717, 1.165) is 0 Å². The molecule has 0 atom stereocenters. The third-order valence-corrected chi connectivity index (χ3v) is 11.8. The number of benzene rings is 4. The van der Waals surface area contributed by atoms with Crippen molar-refractivity contribution in [2.45, 2.75) is 194 Å². The highest BCUT2D eigenvalue weighted by Gasteiger charge is 2.51. The van der Waals surface area contributed by atoms with E-state index >= 15 is 4.79 Å². The normalized spacial score (nSPS) is 12.2. The molecule has 0 aromatic heterocycles. The summed E-state index contributed by atoms with van der Waals surface area (Å²) in [5.41, 5.74) is -0.100. The van der Waals surface area contributed by atoms with E-state index in [0.29, 0.717) is 31.9 Å². The van der Waals surface area contributed by atoms with Crippen LogP contribution < -0.4 is 42.6 Å². The predicted molar refractivity (Wildman–Crippen MR) is 257 cm³/mol. The molecule has 360 valence electrons. The SMILES string of the molecule is CC(C)Oc1cc(OC(C)C)c(S(OC(=O)c2ccccc2O)(c2c(OC(C)C)cc(OC(C)C)cc2OC(C)C)c2c(OC(C)C)cc(OC(C)C)cc2OC(C)C)c(OC(C)C)c1. The topological polar surface area (TPSA) is 130 Å². The van der Waals surface area contributed by atoms with Crippen LogP contribution in [0.5, 0.6) is 57.5 Å². The third kappa shape index (κ3) is 13.9. The predicted octanol–water partition coefficient (Wildman–Crippen LogP) is 13.5. The van der Waals surface area contributed by atoms with Crippen LogP contribution in [0, 0.1) is 0 Å². The van der Waals surface area contributed by atoms with Crippen LogP contribution >= 0.6 is 10.3 Å². The first-order valence-corrected chi connectivity index (χ1v) is 24.4. The Balaban J connectivity index is 2.62. The van der Waals surface area contributed by atoms with Crippen molar-refractivity contribution in [3.8, 4) is 57.5 Å². The lowest BCUT2D eigenvalue weighted by Crippen LogP contribution is -2.23. The highest BCUT2D eigenvalue weighted by molar-refractivity contribution is 8.30. The van der Waals surface area contributed by atoms with Crippen molar-refractivity contribution in [3.63, 3.8) is 0 Å². The molecule has 0 aliphatic heterocycles. The van der Waals surface area contributed by atoms with Crippen molar-refractivity contribution in [3.05, 3.63) is 66.2 Å². The lowest BCUT2D eigenvalue weighted by atomic mass is 10.2. The largest absolute Gasteiger partial charge is 0.507 e. The molecule has 0 fully saturated rings. The molecule has 0 heterocycles. The van der Waals surface area contributed by atoms with Crippen LogP contribution in [-0.2, 0) is 4.18 Å². The van der Waals surface area contributed by atoms with Gasteiger partial charge in [-0.1, -0.05) is 12.1 Å². The van der Waals surface area contributed by atoms with E-state index in [1.54, 1.807) is 48.5 Å². The van der Waals surface area contributed by atoms with Gasteiger partial charge < -0.3 is 51.9 Å². The highest BCUT2D eigenvalue weighted by Crippen LogP contribution is 2.81. The zero-order valence-electron chi connectivity index (χ0n) is 41.8. The fourth-order valence-electron chi connectivity index (χ4n) is 6.81. The number of ether oxygens (including phenoxy) is 9. The molecule has 65 heavy (non-hydrogen) atoms. The Morgan fingerprint density at radius 3 is 0.831 bits per heavy atom. The van der Waals surface area contributed by atoms with Gasteiger partial charge in [0.2, 0.25) is 0 Å². The van der Waals surface area contributed by atoms with E-state index in [4.69, 9.17) is 46.8 Å². The van der Waals surface area contributed by atoms with Gasteiger partial charge in [-0.25, -0.2) is 4.79 Å².